The lowest BCUT2D eigenvalue weighted by molar-refractivity contribution is 0.0756. The molecule has 18 heavy (non-hydrogen) atoms. The summed E-state index contributed by atoms with van der Waals surface area (Å²) in [5.41, 5.74) is 4.99. The van der Waals surface area contributed by atoms with E-state index in [1.165, 1.54) is 0 Å². The minimum atomic E-state index is 0.0513. The molecule has 0 spiro atoms. The van der Waals surface area contributed by atoms with Gasteiger partial charge in [0.2, 0.25) is 0 Å². The topological polar surface area (TPSA) is 58.4 Å². The van der Waals surface area contributed by atoms with E-state index in [1.54, 1.807) is 0 Å². The number of benzene rings is 1. The Bertz CT molecular complexity index is 398. The number of hydrazine groups is 1. The molecule has 0 saturated carbocycles. The molecular weight excluding hydrogens is 226 g/mol. The van der Waals surface area contributed by atoms with E-state index in [1.807, 2.05) is 30.0 Å². The van der Waals surface area contributed by atoms with E-state index in [-0.39, 0.29) is 5.91 Å². The Kier molecular flexibility index (Phi) is 5.65. The molecule has 0 unspecified atom stereocenters. The standard InChI is InChI=1S/C14H23N3O/c1-4-8-17(9-5-2)14(18)12-10-11(3)6-7-13(12)16-15/h6-7,10,16H,4-5,8-9,15H2,1-3H3. The number of nitrogens with two attached hydrogens (primary N) is 1. The fourth-order valence-corrected chi connectivity index (χ4v) is 1.99. The number of nitrogens with one attached hydrogen (secondary N) is 1. The fourth-order valence-electron chi connectivity index (χ4n) is 1.99. The molecule has 0 aliphatic rings. The van der Waals surface area contributed by atoms with Crippen molar-refractivity contribution in [3.63, 3.8) is 0 Å². The average molecular weight is 249 g/mol. The Morgan fingerprint density at radius 3 is 2.39 bits per heavy atom. The molecule has 0 atom stereocenters. The Morgan fingerprint density at radius 2 is 1.89 bits per heavy atom. The number of nitrogen functional groups attached to an aromatic ring is 1. The first kappa shape index (κ1) is 14.5. The van der Waals surface area contributed by atoms with E-state index in [0.29, 0.717) is 11.3 Å². The van der Waals surface area contributed by atoms with Gasteiger partial charge in [-0.2, -0.15) is 0 Å². The van der Waals surface area contributed by atoms with Gasteiger partial charge in [-0.1, -0.05) is 25.5 Å². The Balaban J connectivity index is 3.02. The highest BCUT2D eigenvalue weighted by atomic mass is 16.2. The van der Waals surface area contributed by atoms with E-state index in [9.17, 15) is 4.79 Å². The van der Waals surface area contributed by atoms with Crippen LogP contribution in [0.4, 0.5) is 5.69 Å². The maximum absolute atomic E-state index is 12.5. The smallest absolute Gasteiger partial charge is 0.256 e. The molecule has 0 aliphatic carbocycles. The third-order valence-corrected chi connectivity index (χ3v) is 2.84. The highest BCUT2D eigenvalue weighted by molar-refractivity contribution is 5.99. The molecule has 0 aliphatic heterocycles. The molecule has 0 saturated heterocycles. The molecule has 0 heterocycles. The molecule has 4 nitrogen and oxygen atoms in total. The van der Waals surface area contributed by atoms with Crippen LogP contribution in [0.1, 0.15) is 42.6 Å². The van der Waals surface area contributed by atoms with Gasteiger partial charge in [-0.15, -0.1) is 0 Å². The van der Waals surface area contributed by atoms with Crippen molar-refractivity contribution < 1.29 is 4.79 Å². The normalized spacial score (nSPS) is 10.2. The third-order valence-electron chi connectivity index (χ3n) is 2.84. The molecule has 3 N–H and O–H groups in total. The number of hydrogen-bond donors (Lipinski definition) is 2. The van der Waals surface area contributed by atoms with Crippen LogP contribution >= 0.6 is 0 Å². The Hall–Kier alpha value is -1.55. The quantitative estimate of drug-likeness (QED) is 0.601. The summed E-state index contributed by atoms with van der Waals surface area (Å²) in [5.74, 6) is 5.52. The highest BCUT2D eigenvalue weighted by Gasteiger charge is 2.17. The summed E-state index contributed by atoms with van der Waals surface area (Å²) in [6.07, 6.45) is 1.92. The SMILES string of the molecule is CCCN(CCC)C(=O)c1cc(C)ccc1NN. The first-order valence-corrected chi connectivity index (χ1v) is 6.50. The lowest BCUT2D eigenvalue weighted by Crippen LogP contribution is -2.33. The van der Waals surface area contributed by atoms with Crippen molar-refractivity contribution in [3.05, 3.63) is 29.3 Å². The van der Waals surface area contributed by atoms with Crippen LogP contribution in [-0.2, 0) is 0 Å². The number of nitrogens with zero attached hydrogens (tertiary/aromatic N) is 1. The first-order chi connectivity index (χ1) is 8.63. The van der Waals surface area contributed by atoms with Crippen LogP contribution in [0.2, 0.25) is 0 Å². The summed E-state index contributed by atoms with van der Waals surface area (Å²) in [6, 6.07) is 5.67. The molecule has 1 aromatic rings. The van der Waals surface area contributed by atoms with Gasteiger partial charge in [0.05, 0.1) is 11.3 Å². The van der Waals surface area contributed by atoms with Gasteiger partial charge in [-0.3, -0.25) is 10.6 Å². The summed E-state index contributed by atoms with van der Waals surface area (Å²) >= 11 is 0. The molecule has 0 radical (unpaired) electrons. The van der Waals surface area contributed by atoms with Crippen LogP contribution < -0.4 is 11.3 Å². The van der Waals surface area contributed by atoms with Crippen LogP contribution in [0, 0.1) is 6.92 Å². The summed E-state index contributed by atoms with van der Waals surface area (Å²) in [4.78, 5) is 14.4. The lowest BCUT2D eigenvalue weighted by Gasteiger charge is -2.23. The molecule has 1 aromatic carbocycles. The van der Waals surface area contributed by atoms with E-state index in [2.05, 4.69) is 19.3 Å². The van der Waals surface area contributed by atoms with E-state index >= 15 is 0 Å². The molecule has 0 bridgehead atoms. The number of aryl methyl sites for hydroxylation is 1. The second kappa shape index (κ2) is 7.01. The molecule has 1 amide bonds. The van der Waals surface area contributed by atoms with Crippen molar-refractivity contribution in [2.75, 3.05) is 18.5 Å². The molecular formula is C14H23N3O. The van der Waals surface area contributed by atoms with Crippen LogP contribution in [0.15, 0.2) is 18.2 Å². The second-order valence-electron chi connectivity index (χ2n) is 4.49. The second-order valence-corrected chi connectivity index (χ2v) is 4.49. The van der Waals surface area contributed by atoms with E-state index < -0.39 is 0 Å². The van der Waals surface area contributed by atoms with Gasteiger partial charge in [0.15, 0.2) is 0 Å². The Morgan fingerprint density at radius 1 is 1.28 bits per heavy atom. The van der Waals surface area contributed by atoms with Crippen molar-refractivity contribution in [2.45, 2.75) is 33.6 Å². The average Bonchev–Trinajstić information content (AvgIpc) is 2.37. The van der Waals surface area contributed by atoms with Crippen molar-refractivity contribution in [2.24, 2.45) is 5.84 Å². The largest absolute Gasteiger partial charge is 0.339 e. The molecule has 1 rings (SSSR count). The predicted molar refractivity (Wildman–Crippen MR) is 75.5 cm³/mol. The maximum atomic E-state index is 12.5. The number of anilines is 1. The van der Waals surface area contributed by atoms with Crippen molar-refractivity contribution >= 4 is 11.6 Å². The van der Waals surface area contributed by atoms with Gasteiger partial charge in [0.1, 0.15) is 0 Å². The number of amides is 1. The van der Waals surface area contributed by atoms with Gasteiger partial charge < -0.3 is 10.3 Å². The maximum Gasteiger partial charge on any atom is 0.256 e. The van der Waals surface area contributed by atoms with Gasteiger partial charge >= 0.3 is 0 Å². The van der Waals surface area contributed by atoms with Crippen LogP contribution in [0.3, 0.4) is 0 Å². The van der Waals surface area contributed by atoms with Crippen molar-refractivity contribution in [1.29, 1.82) is 0 Å². The Labute approximate surface area is 109 Å². The summed E-state index contributed by atoms with van der Waals surface area (Å²) in [7, 11) is 0. The fraction of sp³-hybridized carbons (Fsp3) is 0.500. The van der Waals surface area contributed by atoms with Gasteiger partial charge in [0, 0.05) is 13.1 Å². The summed E-state index contributed by atoms with van der Waals surface area (Å²) in [6.45, 7) is 7.69. The zero-order valence-electron chi connectivity index (χ0n) is 11.5. The third kappa shape index (κ3) is 3.47. The van der Waals surface area contributed by atoms with Crippen LogP contribution in [0.25, 0.3) is 0 Å². The predicted octanol–water partition coefficient (Wildman–Crippen LogP) is 2.54. The minimum absolute atomic E-state index is 0.0513. The summed E-state index contributed by atoms with van der Waals surface area (Å²) in [5, 5.41) is 0. The van der Waals surface area contributed by atoms with Gasteiger partial charge in [-0.05, 0) is 31.9 Å². The van der Waals surface area contributed by atoms with Crippen molar-refractivity contribution in [3.8, 4) is 0 Å². The number of carbonyl (C=O) groups excluding carboxylic acids is 1. The monoisotopic (exact) mass is 249 g/mol. The zero-order chi connectivity index (χ0) is 13.5. The molecule has 100 valence electrons. The molecule has 4 heteroatoms. The van der Waals surface area contributed by atoms with Crippen molar-refractivity contribution in [1.82, 2.24) is 4.90 Å². The first-order valence-electron chi connectivity index (χ1n) is 6.50. The lowest BCUT2D eigenvalue weighted by atomic mass is 10.1. The van der Waals surface area contributed by atoms with Gasteiger partial charge in [0.25, 0.3) is 5.91 Å². The number of rotatable bonds is 6. The highest BCUT2D eigenvalue weighted by Crippen LogP contribution is 2.18. The minimum Gasteiger partial charge on any atom is -0.339 e. The van der Waals surface area contributed by atoms with E-state index in [0.717, 1.165) is 31.5 Å². The number of carbonyl (C=O) groups is 1. The van der Waals surface area contributed by atoms with Gasteiger partial charge in [-0.25, -0.2) is 0 Å². The molecule has 0 fully saturated rings. The van der Waals surface area contributed by atoms with Crippen LogP contribution in [0.5, 0.6) is 0 Å². The number of hydrogen-bond acceptors (Lipinski definition) is 3. The van der Waals surface area contributed by atoms with E-state index in [4.69, 9.17) is 5.84 Å². The summed E-state index contributed by atoms with van der Waals surface area (Å²) < 4.78 is 0. The zero-order valence-corrected chi connectivity index (χ0v) is 11.5. The molecule has 0 aromatic heterocycles. The van der Waals surface area contributed by atoms with Crippen LogP contribution in [-0.4, -0.2) is 23.9 Å².